The number of morpholine rings is 1. The molecule has 0 amide bonds. The Balaban J connectivity index is 2.00. The third-order valence-corrected chi connectivity index (χ3v) is 7.31. The lowest BCUT2D eigenvalue weighted by molar-refractivity contribution is 0.0592. The normalized spacial score (nSPS) is 14.4. The molecule has 1 saturated heterocycles. The van der Waals surface area contributed by atoms with E-state index in [9.17, 15) is 13.2 Å². The number of esters is 1. The molecule has 0 atom stereocenters. The van der Waals surface area contributed by atoms with Crippen LogP contribution in [0.5, 0.6) is 0 Å². The number of hydrogen-bond acceptors (Lipinski definition) is 6. The van der Waals surface area contributed by atoms with Gasteiger partial charge in [0.2, 0.25) is 0 Å². The zero-order chi connectivity index (χ0) is 22.9. The van der Waals surface area contributed by atoms with E-state index in [0.717, 1.165) is 15.1 Å². The van der Waals surface area contributed by atoms with Crippen molar-refractivity contribution < 1.29 is 22.7 Å². The van der Waals surface area contributed by atoms with Crippen LogP contribution in [0.25, 0.3) is 11.1 Å². The summed E-state index contributed by atoms with van der Waals surface area (Å²) >= 11 is 6.06. The van der Waals surface area contributed by atoms with Gasteiger partial charge in [0.05, 0.1) is 30.9 Å². The summed E-state index contributed by atoms with van der Waals surface area (Å²) < 4.78 is 38.7. The van der Waals surface area contributed by atoms with Crippen molar-refractivity contribution in [2.45, 2.75) is 11.8 Å². The molecule has 4 rings (SSSR count). The van der Waals surface area contributed by atoms with Gasteiger partial charge in [0.25, 0.3) is 10.0 Å². The summed E-state index contributed by atoms with van der Waals surface area (Å²) in [5.74, 6) is -0.734. The van der Waals surface area contributed by atoms with Crippen molar-refractivity contribution in [1.29, 1.82) is 0 Å². The number of anilines is 1. The topological polar surface area (TPSA) is 77.8 Å². The first-order valence-electron chi connectivity index (χ1n) is 10.1. The van der Waals surface area contributed by atoms with Gasteiger partial charge in [-0.2, -0.15) is 0 Å². The summed E-state index contributed by atoms with van der Waals surface area (Å²) in [7, 11) is -2.83. The van der Waals surface area contributed by atoms with E-state index in [1.54, 1.807) is 36.4 Å². The first-order chi connectivity index (χ1) is 15.3. The average molecular weight is 475 g/mol. The van der Waals surface area contributed by atoms with E-state index in [1.807, 2.05) is 11.8 Å². The maximum absolute atomic E-state index is 13.6. The molecule has 9 heteroatoms. The molecule has 2 heterocycles. The largest absolute Gasteiger partial charge is 0.464 e. The number of carbonyl (C=O) groups excluding carboxylic acids is 1. The lowest BCUT2D eigenvalue weighted by Gasteiger charge is -2.30. The van der Waals surface area contributed by atoms with Gasteiger partial charge in [-0.05, 0) is 36.8 Å². The van der Waals surface area contributed by atoms with Crippen LogP contribution in [-0.2, 0) is 19.5 Å². The fourth-order valence-corrected chi connectivity index (χ4v) is 5.20. The van der Waals surface area contributed by atoms with Crippen LogP contribution in [0, 0.1) is 6.92 Å². The zero-order valence-electron chi connectivity index (χ0n) is 17.7. The summed E-state index contributed by atoms with van der Waals surface area (Å²) in [5.41, 5.74) is 2.72. The van der Waals surface area contributed by atoms with E-state index in [1.165, 1.54) is 25.4 Å². The van der Waals surface area contributed by atoms with Crippen LogP contribution >= 0.6 is 11.6 Å². The lowest BCUT2D eigenvalue weighted by Crippen LogP contribution is -2.37. The molecule has 0 bridgehead atoms. The molecule has 32 heavy (non-hydrogen) atoms. The number of carbonyl (C=O) groups is 1. The van der Waals surface area contributed by atoms with E-state index in [2.05, 4.69) is 0 Å². The van der Waals surface area contributed by atoms with Gasteiger partial charge < -0.3 is 14.4 Å². The second-order valence-corrected chi connectivity index (χ2v) is 9.70. The van der Waals surface area contributed by atoms with Crippen LogP contribution in [0.1, 0.15) is 16.1 Å². The predicted octanol–water partition coefficient (Wildman–Crippen LogP) is 3.98. The number of halogens is 1. The van der Waals surface area contributed by atoms with Crippen molar-refractivity contribution in [3.8, 4) is 11.1 Å². The van der Waals surface area contributed by atoms with Crippen LogP contribution in [0.2, 0.25) is 5.02 Å². The first-order valence-corrected chi connectivity index (χ1v) is 11.9. The van der Waals surface area contributed by atoms with Gasteiger partial charge in [-0.25, -0.2) is 17.2 Å². The SMILES string of the molecule is COC(=O)c1c(N2CCOCC2)c(-c2ccc(Cl)cc2)cn1S(=O)(=O)c1ccc(C)cc1. The minimum absolute atomic E-state index is 0.0417. The van der Waals surface area contributed by atoms with Gasteiger partial charge >= 0.3 is 5.97 Å². The van der Waals surface area contributed by atoms with Gasteiger partial charge in [-0.1, -0.05) is 41.4 Å². The highest BCUT2D eigenvalue weighted by atomic mass is 35.5. The maximum Gasteiger partial charge on any atom is 0.357 e. The monoisotopic (exact) mass is 474 g/mol. The van der Waals surface area contributed by atoms with Gasteiger partial charge in [0, 0.05) is 29.9 Å². The number of aryl methyl sites for hydroxylation is 1. The van der Waals surface area contributed by atoms with Crippen LogP contribution in [0.3, 0.4) is 0 Å². The van der Waals surface area contributed by atoms with E-state index in [-0.39, 0.29) is 10.6 Å². The molecule has 7 nitrogen and oxygen atoms in total. The Morgan fingerprint density at radius 1 is 1.03 bits per heavy atom. The molecular formula is C23H23ClN2O5S. The molecule has 0 radical (unpaired) electrons. The highest BCUT2D eigenvalue weighted by Crippen LogP contribution is 2.39. The highest BCUT2D eigenvalue weighted by Gasteiger charge is 2.33. The van der Waals surface area contributed by atoms with E-state index in [4.69, 9.17) is 21.1 Å². The van der Waals surface area contributed by atoms with Crippen molar-refractivity contribution in [2.24, 2.45) is 0 Å². The first kappa shape index (κ1) is 22.4. The Bertz CT molecular complexity index is 1230. The molecule has 0 spiro atoms. The number of hydrogen-bond donors (Lipinski definition) is 0. The standard InChI is InChI=1S/C23H23ClN2O5S/c1-16-3-9-19(10-4-16)32(28,29)26-15-20(17-5-7-18(24)8-6-17)21(22(26)23(27)30-2)25-11-13-31-14-12-25/h3-10,15H,11-14H2,1-2H3. The Labute approximate surface area is 192 Å². The second-order valence-electron chi connectivity index (χ2n) is 7.45. The number of ether oxygens (including phenoxy) is 2. The Morgan fingerprint density at radius 2 is 1.66 bits per heavy atom. The molecule has 1 fully saturated rings. The van der Waals surface area contributed by atoms with E-state index in [0.29, 0.717) is 42.6 Å². The Hall–Kier alpha value is -2.81. The molecule has 168 valence electrons. The van der Waals surface area contributed by atoms with Crippen LogP contribution in [0.15, 0.2) is 59.6 Å². The molecule has 0 saturated carbocycles. The molecule has 0 aliphatic carbocycles. The Kier molecular flexibility index (Phi) is 6.28. The van der Waals surface area contributed by atoms with Crippen LogP contribution < -0.4 is 4.90 Å². The summed E-state index contributed by atoms with van der Waals surface area (Å²) in [6.07, 6.45) is 1.48. The fraction of sp³-hybridized carbons (Fsp3) is 0.261. The van der Waals surface area contributed by atoms with Crippen molar-refractivity contribution in [2.75, 3.05) is 38.3 Å². The maximum atomic E-state index is 13.6. The quantitative estimate of drug-likeness (QED) is 0.520. The Morgan fingerprint density at radius 3 is 2.25 bits per heavy atom. The van der Waals surface area contributed by atoms with Crippen molar-refractivity contribution >= 4 is 33.3 Å². The summed E-state index contributed by atoms with van der Waals surface area (Å²) in [4.78, 5) is 15.0. The second kappa shape index (κ2) is 8.97. The molecule has 3 aromatic rings. The smallest absolute Gasteiger partial charge is 0.357 e. The molecule has 1 aliphatic rings. The molecule has 1 aromatic heterocycles. The van der Waals surface area contributed by atoms with Crippen molar-refractivity contribution in [3.63, 3.8) is 0 Å². The summed E-state index contributed by atoms with van der Waals surface area (Å²) in [5, 5.41) is 0.557. The molecule has 2 aromatic carbocycles. The predicted molar refractivity (Wildman–Crippen MR) is 123 cm³/mol. The summed E-state index contributed by atoms with van der Waals surface area (Å²) in [6.45, 7) is 3.84. The number of aromatic nitrogens is 1. The van der Waals surface area contributed by atoms with Crippen molar-refractivity contribution in [1.82, 2.24) is 3.97 Å². The van der Waals surface area contributed by atoms with Gasteiger partial charge in [-0.15, -0.1) is 0 Å². The van der Waals surface area contributed by atoms with Crippen LogP contribution in [0.4, 0.5) is 5.69 Å². The number of methoxy groups -OCH3 is 1. The zero-order valence-corrected chi connectivity index (χ0v) is 19.3. The van der Waals surface area contributed by atoms with Crippen LogP contribution in [-0.4, -0.2) is 51.8 Å². The molecule has 0 N–H and O–H groups in total. The van der Waals surface area contributed by atoms with E-state index < -0.39 is 16.0 Å². The van der Waals surface area contributed by atoms with Crippen molar-refractivity contribution in [3.05, 3.63) is 71.0 Å². The minimum atomic E-state index is -4.07. The number of benzene rings is 2. The van der Waals surface area contributed by atoms with Gasteiger partial charge in [0.15, 0.2) is 5.69 Å². The lowest BCUT2D eigenvalue weighted by atomic mass is 10.1. The molecule has 1 aliphatic heterocycles. The van der Waals surface area contributed by atoms with Gasteiger partial charge in [-0.3, -0.25) is 0 Å². The minimum Gasteiger partial charge on any atom is -0.464 e. The van der Waals surface area contributed by atoms with Gasteiger partial charge in [0.1, 0.15) is 0 Å². The third-order valence-electron chi connectivity index (χ3n) is 5.39. The summed E-state index contributed by atoms with van der Waals surface area (Å²) in [6, 6.07) is 13.5. The highest BCUT2D eigenvalue weighted by molar-refractivity contribution is 7.90. The molecule has 0 unspecified atom stereocenters. The molecular weight excluding hydrogens is 452 g/mol. The number of nitrogens with zero attached hydrogens (tertiary/aromatic N) is 2. The average Bonchev–Trinajstić information content (AvgIpc) is 3.21. The van der Waals surface area contributed by atoms with E-state index >= 15 is 0 Å². The fourth-order valence-electron chi connectivity index (χ4n) is 3.72. The number of rotatable bonds is 5. The third kappa shape index (κ3) is 4.13.